The van der Waals surface area contributed by atoms with E-state index < -0.39 is 22.8 Å². The number of carboxylic acid groups (broad SMARTS) is 1. The van der Waals surface area contributed by atoms with E-state index in [4.69, 9.17) is 9.15 Å². The average molecular weight is 471 g/mol. The maximum absolute atomic E-state index is 13.9. The van der Waals surface area contributed by atoms with Gasteiger partial charge in [-0.15, -0.1) is 11.8 Å². The van der Waals surface area contributed by atoms with Gasteiger partial charge < -0.3 is 14.3 Å². The maximum atomic E-state index is 13.9. The minimum Gasteiger partial charge on any atom is -0.496 e. The lowest BCUT2D eigenvalue weighted by molar-refractivity contribution is -0.149. The second kappa shape index (κ2) is 8.58. The zero-order valence-corrected chi connectivity index (χ0v) is 19.7. The molecule has 4 rings (SSSR count). The van der Waals surface area contributed by atoms with E-state index in [2.05, 4.69) is 30.9 Å². The van der Waals surface area contributed by atoms with E-state index in [0.29, 0.717) is 11.3 Å². The Hall–Kier alpha value is -3.27. The largest absolute Gasteiger partial charge is 0.496 e. The number of oxazole rings is 1. The molecule has 1 fully saturated rings. The number of carbonyl (C=O) groups is 2. The summed E-state index contributed by atoms with van der Waals surface area (Å²) < 4.78 is 12.6. The highest BCUT2D eigenvalue weighted by atomic mass is 32.2. The van der Waals surface area contributed by atoms with Crippen molar-refractivity contribution in [3.05, 3.63) is 66.1 Å². The predicted molar refractivity (Wildman–Crippen MR) is 122 cm³/mol. The number of thioether (sulfide) groups is 1. The zero-order chi connectivity index (χ0) is 23.8. The predicted octanol–water partition coefficient (Wildman–Crippen LogP) is 3.59. The Morgan fingerprint density at radius 3 is 2.70 bits per heavy atom. The highest BCUT2D eigenvalue weighted by Crippen LogP contribution is 2.48. The van der Waals surface area contributed by atoms with Crippen molar-refractivity contribution in [1.82, 2.24) is 19.7 Å². The molecule has 10 heteroatoms. The molecular formula is C23H26N4O5S. The lowest BCUT2D eigenvalue weighted by atomic mass is 9.85. The first-order valence-electron chi connectivity index (χ1n) is 10.4. The molecule has 3 heterocycles. The normalized spacial score (nSPS) is 20.7. The van der Waals surface area contributed by atoms with Gasteiger partial charge in [0.15, 0.2) is 10.9 Å². The Morgan fingerprint density at radius 1 is 1.33 bits per heavy atom. The SMILES string of the molecule is COc1cc(C(=O)N2C(c3ncco3)SCC2(Cn2cccn2)C(=O)O)ccc1C(C)(C)C. The number of carboxylic acids is 1. The lowest BCUT2D eigenvalue weighted by Gasteiger charge is -2.36. The topological polar surface area (TPSA) is 111 Å². The Kier molecular flexibility index (Phi) is 5.96. The fourth-order valence-electron chi connectivity index (χ4n) is 4.02. The first-order chi connectivity index (χ1) is 15.7. The molecule has 0 aliphatic carbocycles. The molecule has 2 unspecified atom stereocenters. The summed E-state index contributed by atoms with van der Waals surface area (Å²) in [6.45, 7) is 6.16. The van der Waals surface area contributed by atoms with Gasteiger partial charge in [0.25, 0.3) is 5.91 Å². The van der Waals surface area contributed by atoms with Crippen molar-refractivity contribution in [2.24, 2.45) is 0 Å². The maximum Gasteiger partial charge on any atom is 0.332 e. The molecule has 1 saturated heterocycles. The van der Waals surface area contributed by atoms with Gasteiger partial charge in [0.2, 0.25) is 5.89 Å². The molecule has 0 bridgehead atoms. The Balaban J connectivity index is 1.82. The van der Waals surface area contributed by atoms with E-state index in [1.807, 2.05) is 6.07 Å². The molecule has 0 spiro atoms. The summed E-state index contributed by atoms with van der Waals surface area (Å²) in [5.74, 6) is -0.572. The van der Waals surface area contributed by atoms with Crippen molar-refractivity contribution in [2.75, 3.05) is 12.9 Å². The van der Waals surface area contributed by atoms with Crippen molar-refractivity contribution in [2.45, 2.75) is 43.6 Å². The van der Waals surface area contributed by atoms with Crippen LogP contribution in [-0.4, -0.2) is 55.0 Å². The molecule has 3 aromatic rings. The third-order valence-corrected chi connectivity index (χ3v) is 7.07. The summed E-state index contributed by atoms with van der Waals surface area (Å²) in [4.78, 5) is 32.2. The molecule has 9 nitrogen and oxygen atoms in total. The van der Waals surface area contributed by atoms with Crippen LogP contribution in [0, 0.1) is 0 Å². The molecule has 0 saturated carbocycles. The fraction of sp³-hybridized carbons (Fsp3) is 0.391. The number of hydrogen-bond acceptors (Lipinski definition) is 7. The summed E-state index contributed by atoms with van der Waals surface area (Å²) in [7, 11) is 1.55. The van der Waals surface area contributed by atoms with Crippen LogP contribution >= 0.6 is 11.8 Å². The number of ether oxygens (including phenoxy) is 1. The van der Waals surface area contributed by atoms with Gasteiger partial charge >= 0.3 is 5.97 Å². The van der Waals surface area contributed by atoms with E-state index in [9.17, 15) is 14.7 Å². The van der Waals surface area contributed by atoms with Crippen molar-refractivity contribution in [1.29, 1.82) is 0 Å². The van der Waals surface area contributed by atoms with Crippen molar-refractivity contribution in [3.8, 4) is 5.75 Å². The van der Waals surface area contributed by atoms with Crippen LogP contribution in [0.2, 0.25) is 0 Å². The van der Waals surface area contributed by atoms with Gasteiger partial charge in [0.05, 0.1) is 19.9 Å². The zero-order valence-electron chi connectivity index (χ0n) is 18.9. The van der Waals surface area contributed by atoms with Crippen LogP contribution in [0.15, 0.2) is 53.5 Å². The van der Waals surface area contributed by atoms with Crippen LogP contribution in [0.25, 0.3) is 0 Å². The summed E-state index contributed by atoms with van der Waals surface area (Å²) in [5, 5.41) is 13.8. The number of aliphatic carboxylic acids is 1. The van der Waals surface area contributed by atoms with Crippen LogP contribution in [-0.2, 0) is 16.8 Å². The van der Waals surface area contributed by atoms with E-state index in [-0.39, 0.29) is 23.6 Å². The van der Waals surface area contributed by atoms with E-state index in [1.165, 1.54) is 33.8 Å². The summed E-state index contributed by atoms with van der Waals surface area (Å²) in [5.41, 5.74) is -0.474. The van der Waals surface area contributed by atoms with Crippen molar-refractivity contribution in [3.63, 3.8) is 0 Å². The molecule has 1 amide bonds. The number of hydrogen-bond donors (Lipinski definition) is 1. The van der Waals surface area contributed by atoms with Crippen LogP contribution in [0.5, 0.6) is 5.75 Å². The molecule has 1 aliphatic heterocycles. The average Bonchev–Trinajstić information content (AvgIpc) is 3.53. The Bertz CT molecular complexity index is 1140. The van der Waals surface area contributed by atoms with Crippen LogP contribution in [0.3, 0.4) is 0 Å². The first-order valence-corrected chi connectivity index (χ1v) is 11.5. The fourth-order valence-corrected chi connectivity index (χ4v) is 5.52. The lowest BCUT2D eigenvalue weighted by Crippen LogP contribution is -2.58. The highest BCUT2D eigenvalue weighted by Gasteiger charge is 2.57. The van der Waals surface area contributed by atoms with Crippen molar-refractivity contribution >= 4 is 23.6 Å². The number of methoxy groups -OCH3 is 1. The number of benzene rings is 1. The minimum absolute atomic E-state index is 0.0114. The number of aromatic nitrogens is 3. The molecule has 174 valence electrons. The Labute approximate surface area is 195 Å². The second-order valence-electron chi connectivity index (χ2n) is 8.91. The van der Waals surface area contributed by atoms with E-state index in [1.54, 1.807) is 37.7 Å². The third kappa shape index (κ3) is 4.10. The van der Waals surface area contributed by atoms with Crippen molar-refractivity contribution < 1.29 is 23.8 Å². The van der Waals surface area contributed by atoms with Crippen LogP contribution < -0.4 is 4.74 Å². The smallest absolute Gasteiger partial charge is 0.332 e. The monoisotopic (exact) mass is 470 g/mol. The molecule has 33 heavy (non-hydrogen) atoms. The van der Waals surface area contributed by atoms with E-state index >= 15 is 0 Å². The first kappa shape index (κ1) is 22.9. The van der Waals surface area contributed by atoms with Crippen LogP contribution in [0.1, 0.15) is 48.0 Å². The van der Waals surface area contributed by atoms with E-state index in [0.717, 1.165) is 5.56 Å². The third-order valence-electron chi connectivity index (χ3n) is 5.69. The molecule has 1 N–H and O–H groups in total. The summed E-state index contributed by atoms with van der Waals surface area (Å²) >= 11 is 1.30. The summed E-state index contributed by atoms with van der Waals surface area (Å²) in [6.07, 6.45) is 6.14. The minimum atomic E-state index is -1.55. The highest BCUT2D eigenvalue weighted by molar-refractivity contribution is 7.99. The number of amides is 1. The molecule has 0 radical (unpaired) electrons. The van der Waals surface area contributed by atoms with Gasteiger partial charge in [-0.2, -0.15) is 5.10 Å². The molecule has 1 aliphatic rings. The van der Waals surface area contributed by atoms with Gasteiger partial charge in [0.1, 0.15) is 12.0 Å². The quantitative estimate of drug-likeness (QED) is 0.582. The molecule has 2 atom stereocenters. The van der Waals surface area contributed by atoms with Gasteiger partial charge in [-0.05, 0) is 29.2 Å². The standard InChI is InChI=1S/C23H26N4O5S/c1-22(2,3)16-7-6-15(12-17(16)31-4)19(28)27-20(18-24-9-11-32-18)33-14-23(27,21(29)30)13-26-10-5-8-25-26/h5-12,20H,13-14H2,1-4H3,(H,29,30). The Morgan fingerprint density at radius 2 is 2.12 bits per heavy atom. The van der Waals surface area contributed by atoms with Gasteiger partial charge in [-0.1, -0.05) is 26.8 Å². The number of rotatable bonds is 6. The number of carbonyl (C=O) groups excluding carboxylic acids is 1. The molecule has 1 aromatic carbocycles. The van der Waals surface area contributed by atoms with Gasteiger partial charge in [-0.3, -0.25) is 14.4 Å². The molecule has 2 aromatic heterocycles. The van der Waals surface area contributed by atoms with Crippen LogP contribution in [0.4, 0.5) is 0 Å². The summed E-state index contributed by atoms with van der Waals surface area (Å²) in [6, 6.07) is 6.94. The second-order valence-corrected chi connectivity index (χ2v) is 9.98. The number of nitrogens with zero attached hydrogens (tertiary/aromatic N) is 4. The van der Waals surface area contributed by atoms with Gasteiger partial charge in [-0.25, -0.2) is 9.78 Å². The molecular weight excluding hydrogens is 444 g/mol. The van der Waals surface area contributed by atoms with Gasteiger partial charge in [0, 0.05) is 23.7 Å².